The lowest BCUT2D eigenvalue weighted by Crippen LogP contribution is -2.47. The second-order valence-corrected chi connectivity index (χ2v) is 8.67. The number of para-hydroxylation sites is 1. The van der Waals surface area contributed by atoms with Crippen molar-refractivity contribution in [3.05, 3.63) is 71.9 Å². The van der Waals surface area contributed by atoms with Crippen LogP contribution in [0.1, 0.15) is 22.8 Å². The van der Waals surface area contributed by atoms with E-state index in [0.717, 1.165) is 48.4 Å². The minimum Gasteiger partial charge on any atom is -0.494 e. The van der Waals surface area contributed by atoms with Crippen LogP contribution in [0, 0.1) is 0 Å². The summed E-state index contributed by atoms with van der Waals surface area (Å²) in [4.78, 5) is 17.3. The highest BCUT2D eigenvalue weighted by molar-refractivity contribution is 6.07. The summed E-state index contributed by atoms with van der Waals surface area (Å²) >= 11 is 0. The highest BCUT2D eigenvalue weighted by atomic mass is 16.5. The van der Waals surface area contributed by atoms with Gasteiger partial charge in [0, 0.05) is 67.5 Å². The zero-order chi connectivity index (χ0) is 23.2. The second kappa shape index (κ2) is 10.8. The smallest absolute Gasteiger partial charge is 0.185 e. The molecule has 1 N–H and O–H groups in total. The van der Waals surface area contributed by atoms with Crippen LogP contribution in [0.15, 0.2) is 60.8 Å². The average Bonchev–Trinajstić information content (AvgIpc) is 3.17. The average molecular weight is 448 g/mol. The number of rotatable bonds is 9. The van der Waals surface area contributed by atoms with Gasteiger partial charge in [-0.25, -0.2) is 0 Å². The Kier molecular flexibility index (Phi) is 7.60. The summed E-state index contributed by atoms with van der Waals surface area (Å²) in [7, 11) is 2.13. The van der Waals surface area contributed by atoms with Crippen molar-refractivity contribution in [2.24, 2.45) is 0 Å². The van der Waals surface area contributed by atoms with Crippen LogP contribution in [0.4, 0.5) is 0 Å². The number of ketones is 1. The third-order valence-corrected chi connectivity index (χ3v) is 6.16. The molecule has 33 heavy (non-hydrogen) atoms. The number of β-amino-alcohol motifs (C(OH)–C–C–N with tert-alkyl or cyclic N) is 1. The number of ether oxygens (including phenoxy) is 1. The predicted molar refractivity (Wildman–Crippen MR) is 133 cm³/mol. The summed E-state index contributed by atoms with van der Waals surface area (Å²) in [6.07, 6.45) is 5.05. The van der Waals surface area contributed by atoms with Gasteiger partial charge in [0.05, 0.1) is 12.7 Å². The van der Waals surface area contributed by atoms with Crippen molar-refractivity contribution < 1.29 is 14.6 Å². The highest BCUT2D eigenvalue weighted by Crippen LogP contribution is 2.23. The lowest BCUT2D eigenvalue weighted by atomic mass is 10.1. The lowest BCUT2D eigenvalue weighted by Gasteiger charge is -2.33. The molecule has 1 fully saturated rings. The van der Waals surface area contributed by atoms with E-state index in [4.69, 9.17) is 4.74 Å². The number of aliphatic hydroxyl groups is 1. The fourth-order valence-corrected chi connectivity index (χ4v) is 4.32. The first-order valence-electron chi connectivity index (χ1n) is 11.7. The maximum atomic E-state index is 12.7. The van der Waals surface area contributed by atoms with Gasteiger partial charge in [0.25, 0.3) is 0 Å². The first-order chi connectivity index (χ1) is 16.0. The van der Waals surface area contributed by atoms with Gasteiger partial charge < -0.3 is 19.3 Å². The lowest BCUT2D eigenvalue weighted by molar-refractivity contribution is 0.0717. The van der Waals surface area contributed by atoms with Crippen molar-refractivity contribution in [1.82, 2.24) is 14.4 Å². The first-order valence-corrected chi connectivity index (χ1v) is 11.7. The largest absolute Gasteiger partial charge is 0.494 e. The quantitative estimate of drug-likeness (QED) is 0.402. The van der Waals surface area contributed by atoms with Crippen molar-refractivity contribution in [2.45, 2.75) is 19.6 Å². The van der Waals surface area contributed by atoms with Gasteiger partial charge in [-0.15, -0.1) is 0 Å². The van der Waals surface area contributed by atoms with Crippen LogP contribution in [0.3, 0.4) is 0 Å². The Labute approximate surface area is 195 Å². The SMILES string of the molecule is CCOc1ccc(C(=O)/C=C/c2cn(C[C@H](O)CN3CCN(C)CC3)c3ccccc23)cc1. The van der Waals surface area contributed by atoms with Crippen LogP contribution in [0.5, 0.6) is 5.75 Å². The molecule has 1 aliphatic heterocycles. The molecule has 0 saturated carbocycles. The number of hydrogen-bond donors (Lipinski definition) is 1. The van der Waals surface area contributed by atoms with Gasteiger partial charge in [-0.3, -0.25) is 9.69 Å². The number of likely N-dealkylation sites (N-methyl/N-ethyl adjacent to an activating group) is 1. The highest BCUT2D eigenvalue weighted by Gasteiger charge is 2.18. The molecule has 0 amide bonds. The van der Waals surface area contributed by atoms with Gasteiger partial charge in [0.1, 0.15) is 5.75 Å². The van der Waals surface area contributed by atoms with Crippen LogP contribution in [-0.2, 0) is 6.54 Å². The number of nitrogens with zero attached hydrogens (tertiary/aromatic N) is 3. The van der Waals surface area contributed by atoms with Crippen LogP contribution < -0.4 is 4.74 Å². The number of benzene rings is 2. The van der Waals surface area contributed by atoms with E-state index < -0.39 is 6.10 Å². The van der Waals surface area contributed by atoms with Crippen LogP contribution in [-0.4, -0.2) is 77.7 Å². The van der Waals surface area contributed by atoms with Gasteiger partial charge in [0.15, 0.2) is 5.78 Å². The summed E-state index contributed by atoms with van der Waals surface area (Å²) in [6.45, 7) is 7.77. The minimum atomic E-state index is -0.452. The third kappa shape index (κ3) is 5.90. The van der Waals surface area contributed by atoms with Gasteiger partial charge in [-0.05, 0) is 56.5 Å². The number of aromatic nitrogens is 1. The normalized spacial score (nSPS) is 16.5. The zero-order valence-corrected chi connectivity index (χ0v) is 19.5. The van der Waals surface area contributed by atoms with Gasteiger partial charge in [0.2, 0.25) is 0 Å². The maximum Gasteiger partial charge on any atom is 0.185 e. The molecule has 0 radical (unpaired) electrons. The number of carbonyl (C=O) groups is 1. The van der Waals surface area contributed by atoms with Gasteiger partial charge in [-0.1, -0.05) is 18.2 Å². The van der Waals surface area contributed by atoms with Crippen molar-refractivity contribution >= 4 is 22.8 Å². The molecule has 0 bridgehead atoms. The molecule has 6 heteroatoms. The Morgan fingerprint density at radius 3 is 2.52 bits per heavy atom. The van der Waals surface area contributed by atoms with Crippen LogP contribution in [0.2, 0.25) is 0 Å². The molecular formula is C27H33N3O3. The second-order valence-electron chi connectivity index (χ2n) is 8.67. The minimum absolute atomic E-state index is 0.0509. The number of fused-ring (bicyclic) bond motifs is 1. The fourth-order valence-electron chi connectivity index (χ4n) is 4.32. The van der Waals surface area contributed by atoms with Crippen LogP contribution >= 0.6 is 0 Å². The monoisotopic (exact) mass is 447 g/mol. The topological polar surface area (TPSA) is 57.9 Å². The van der Waals surface area contributed by atoms with Crippen molar-refractivity contribution in [3.63, 3.8) is 0 Å². The van der Waals surface area contributed by atoms with E-state index in [-0.39, 0.29) is 5.78 Å². The Balaban J connectivity index is 1.46. The standard InChI is InChI=1S/C27H33N3O3/c1-3-33-24-11-8-21(9-12-24)27(32)13-10-22-18-30(26-7-5-4-6-25(22)26)20-23(31)19-29-16-14-28(2)15-17-29/h4-13,18,23,31H,3,14-17,19-20H2,1-2H3/b13-10+/t23-/m1/s1. The Hall–Kier alpha value is -2.93. The molecule has 3 aromatic rings. The summed E-state index contributed by atoms with van der Waals surface area (Å²) in [5, 5.41) is 11.8. The first kappa shape index (κ1) is 23.2. The molecule has 6 nitrogen and oxygen atoms in total. The molecule has 1 saturated heterocycles. The number of aliphatic hydroxyl groups excluding tert-OH is 1. The van der Waals surface area contributed by atoms with E-state index in [1.165, 1.54) is 0 Å². The number of carbonyl (C=O) groups excluding carboxylic acids is 1. The Bertz CT molecular complexity index is 1100. The molecule has 1 atom stereocenters. The van der Waals surface area contributed by atoms with E-state index >= 15 is 0 Å². The number of hydrogen-bond acceptors (Lipinski definition) is 5. The van der Waals surface area contributed by atoms with E-state index in [1.54, 1.807) is 18.2 Å². The van der Waals surface area contributed by atoms with Crippen LogP contribution in [0.25, 0.3) is 17.0 Å². The van der Waals surface area contributed by atoms with E-state index in [1.807, 2.05) is 43.5 Å². The molecule has 1 aromatic heterocycles. The summed E-state index contributed by atoms with van der Waals surface area (Å²) in [5.74, 6) is 0.709. The predicted octanol–water partition coefficient (Wildman–Crippen LogP) is 3.54. The summed E-state index contributed by atoms with van der Waals surface area (Å²) < 4.78 is 7.54. The molecular weight excluding hydrogens is 414 g/mol. The molecule has 4 rings (SSSR count). The third-order valence-electron chi connectivity index (χ3n) is 6.16. The summed E-state index contributed by atoms with van der Waals surface area (Å²) in [6, 6.07) is 15.3. The molecule has 2 heterocycles. The number of piperazine rings is 1. The van der Waals surface area contributed by atoms with E-state index in [9.17, 15) is 9.90 Å². The van der Waals surface area contributed by atoms with Crippen molar-refractivity contribution in [2.75, 3.05) is 46.4 Å². The van der Waals surface area contributed by atoms with Gasteiger partial charge in [-0.2, -0.15) is 0 Å². The fraction of sp³-hybridized carbons (Fsp3) is 0.370. The molecule has 2 aromatic carbocycles. The Morgan fingerprint density at radius 1 is 1.06 bits per heavy atom. The molecule has 0 spiro atoms. The molecule has 1 aliphatic rings. The maximum absolute atomic E-state index is 12.7. The van der Waals surface area contributed by atoms with Gasteiger partial charge >= 0.3 is 0 Å². The van der Waals surface area contributed by atoms with Crippen molar-refractivity contribution in [1.29, 1.82) is 0 Å². The molecule has 174 valence electrons. The number of allylic oxidation sites excluding steroid dienone is 1. The van der Waals surface area contributed by atoms with E-state index in [0.29, 0.717) is 25.3 Å². The molecule has 0 unspecified atom stereocenters. The Morgan fingerprint density at radius 2 is 1.79 bits per heavy atom. The molecule has 0 aliphatic carbocycles. The van der Waals surface area contributed by atoms with E-state index in [2.05, 4.69) is 33.5 Å². The van der Waals surface area contributed by atoms with Crippen molar-refractivity contribution in [3.8, 4) is 5.75 Å². The summed E-state index contributed by atoms with van der Waals surface area (Å²) in [5.41, 5.74) is 2.65. The zero-order valence-electron chi connectivity index (χ0n) is 19.5.